The molecule has 11 nitrogen and oxygen atoms in total. The van der Waals surface area contributed by atoms with Crippen molar-refractivity contribution in [1.82, 2.24) is 10.2 Å². The first-order valence-electron chi connectivity index (χ1n) is 13.6. The van der Waals surface area contributed by atoms with Crippen molar-refractivity contribution in [3.63, 3.8) is 0 Å². The number of nitro benzene ring substituents is 1. The lowest BCUT2D eigenvalue weighted by atomic mass is 10.1. The van der Waals surface area contributed by atoms with Gasteiger partial charge in [-0.2, -0.15) is 0 Å². The van der Waals surface area contributed by atoms with Gasteiger partial charge in [0.2, 0.25) is 11.8 Å². The van der Waals surface area contributed by atoms with Gasteiger partial charge in [0.05, 0.1) is 22.6 Å². The molecular weight excluding hydrogens is 579 g/mol. The van der Waals surface area contributed by atoms with Gasteiger partial charge in [-0.25, -0.2) is 12.8 Å². The average molecular weight is 615 g/mol. The maximum Gasteiger partial charge on any atom is 0.273 e. The number of hydrogen-bond donors (Lipinski definition) is 1. The summed E-state index contributed by atoms with van der Waals surface area (Å²) in [6.07, 6.45) is 1.58. The molecule has 43 heavy (non-hydrogen) atoms. The summed E-state index contributed by atoms with van der Waals surface area (Å²) in [7, 11) is -3.08. The predicted molar refractivity (Wildman–Crippen MR) is 160 cm³/mol. The summed E-state index contributed by atoms with van der Waals surface area (Å²) >= 11 is 0. The largest absolute Gasteiger partial charge is 0.497 e. The maximum atomic E-state index is 14.0. The molecule has 13 heteroatoms. The first-order chi connectivity index (χ1) is 20.4. The van der Waals surface area contributed by atoms with Crippen molar-refractivity contribution in [2.75, 3.05) is 24.5 Å². The minimum atomic E-state index is -4.53. The van der Waals surface area contributed by atoms with E-state index in [4.69, 9.17) is 4.74 Å². The van der Waals surface area contributed by atoms with Crippen LogP contribution in [0, 0.1) is 22.9 Å². The first-order valence-corrected chi connectivity index (χ1v) is 15.1. The van der Waals surface area contributed by atoms with E-state index < -0.39 is 50.9 Å². The highest BCUT2D eigenvalue weighted by atomic mass is 32.2. The summed E-state index contributed by atoms with van der Waals surface area (Å²) in [5.74, 6) is -1.19. The van der Waals surface area contributed by atoms with Crippen molar-refractivity contribution in [2.45, 2.75) is 51.1 Å². The third-order valence-corrected chi connectivity index (χ3v) is 8.64. The number of nitrogens with one attached hydrogen (secondary N) is 1. The van der Waals surface area contributed by atoms with Crippen molar-refractivity contribution in [3.8, 4) is 5.75 Å². The fourth-order valence-electron chi connectivity index (χ4n) is 4.26. The van der Waals surface area contributed by atoms with Crippen LogP contribution in [0.5, 0.6) is 5.75 Å². The van der Waals surface area contributed by atoms with Gasteiger partial charge in [-0.3, -0.25) is 24.0 Å². The fourth-order valence-corrected chi connectivity index (χ4v) is 5.69. The van der Waals surface area contributed by atoms with E-state index in [0.29, 0.717) is 17.9 Å². The van der Waals surface area contributed by atoms with E-state index in [9.17, 15) is 32.5 Å². The van der Waals surface area contributed by atoms with Crippen LogP contribution in [-0.2, 0) is 26.2 Å². The summed E-state index contributed by atoms with van der Waals surface area (Å²) in [5.41, 5.74) is 0.497. The van der Waals surface area contributed by atoms with Gasteiger partial charge in [0.1, 0.15) is 24.2 Å². The van der Waals surface area contributed by atoms with Crippen molar-refractivity contribution in [2.24, 2.45) is 0 Å². The number of anilines is 1. The van der Waals surface area contributed by atoms with Gasteiger partial charge in [-0.1, -0.05) is 31.5 Å². The Hall–Kier alpha value is -4.52. The van der Waals surface area contributed by atoms with E-state index in [1.165, 1.54) is 86.5 Å². The lowest BCUT2D eigenvalue weighted by Crippen LogP contribution is -2.51. The molecule has 0 aliphatic rings. The van der Waals surface area contributed by atoms with Crippen LogP contribution in [0.25, 0.3) is 0 Å². The lowest BCUT2D eigenvalue weighted by molar-refractivity contribution is -0.385. The zero-order chi connectivity index (χ0) is 31.7. The Morgan fingerprint density at radius 2 is 1.72 bits per heavy atom. The summed E-state index contributed by atoms with van der Waals surface area (Å²) in [6, 6.07) is 13.8. The molecule has 0 aromatic heterocycles. The normalized spacial score (nSPS) is 11.8. The number of halogens is 1. The number of amides is 2. The van der Waals surface area contributed by atoms with Crippen molar-refractivity contribution >= 4 is 33.2 Å². The Morgan fingerprint density at radius 3 is 2.30 bits per heavy atom. The smallest absolute Gasteiger partial charge is 0.273 e. The van der Waals surface area contributed by atoms with Crippen LogP contribution >= 0.6 is 0 Å². The molecule has 0 aliphatic heterocycles. The molecular formula is C30H35FN4O7S. The van der Waals surface area contributed by atoms with Crippen LogP contribution < -0.4 is 14.4 Å². The fraction of sp³-hybridized carbons (Fsp3) is 0.333. The summed E-state index contributed by atoms with van der Waals surface area (Å²) < 4.78 is 47.6. The lowest BCUT2D eigenvalue weighted by Gasteiger charge is -2.32. The molecule has 0 saturated carbocycles. The van der Waals surface area contributed by atoms with E-state index in [0.717, 1.165) is 23.2 Å². The quantitative estimate of drug-likeness (QED) is 0.159. The van der Waals surface area contributed by atoms with Crippen LogP contribution in [0.4, 0.5) is 15.8 Å². The Bertz CT molecular complexity index is 1550. The van der Waals surface area contributed by atoms with Gasteiger partial charge >= 0.3 is 0 Å². The highest BCUT2D eigenvalue weighted by molar-refractivity contribution is 7.92. The summed E-state index contributed by atoms with van der Waals surface area (Å²) in [6.45, 7) is 4.55. The Kier molecular flexibility index (Phi) is 11.2. The van der Waals surface area contributed by atoms with Crippen molar-refractivity contribution in [1.29, 1.82) is 0 Å². The second-order valence-corrected chi connectivity index (χ2v) is 11.7. The van der Waals surface area contributed by atoms with Crippen LogP contribution in [0.1, 0.15) is 37.8 Å². The minimum Gasteiger partial charge on any atom is -0.497 e. The number of sulfonamides is 1. The van der Waals surface area contributed by atoms with Gasteiger partial charge in [0.25, 0.3) is 15.7 Å². The molecule has 3 aromatic rings. The molecule has 2 amide bonds. The van der Waals surface area contributed by atoms with E-state index in [1.807, 2.05) is 6.92 Å². The molecule has 0 unspecified atom stereocenters. The molecule has 230 valence electrons. The molecule has 0 spiro atoms. The second-order valence-electron chi connectivity index (χ2n) is 9.88. The van der Waals surface area contributed by atoms with E-state index in [1.54, 1.807) is 0 Å². The number of benzene rings is 3. The third kappa shape index (κ3) is 8.28. The molecule has 0 bridgehead atoms. The molecule has 0 heterocycles. The maximum absolute atomic E-state index is 14.0. The molecule has 0 saturated heterocycles. The van der Waals surface area contributed by atoms with E-state index in [-0.39, 0.29) is 22.7 Å². The number of methoxy groups -OCH3 is 1. The molecule has 0 fully saturated rings. The Labute approximate surface area is 250 Å². The van der Waals surface area contributed by atoms with Crippen LogP contribution in [-0.4, -0.2) is 56.3 Å². The van der Waals surface area contributed by atoms with Crippen molar-refractivity contribution in [3.05, 3.63) is 93.8 Å². The van der Waals surface area contributed by atoms with Crippen LogP contribution in [0.15, 0.2) is 71.6 Å². The monoisotopic (exact) mass is 614 g/mol. The number of aryl methyl sites for hydroxylation is 1. The standard InChI is InChI=1S/C30H35FN4O7S/c1-5-6-17-32-30(37)22(3)33(19-23-8-10-24(31)11-9-23)29(36)20-34(25-12-14-26(42-4)15-13-25)43(40,41)27-16-7-21(2)28(18-27)35(38)39/h7-16,18,22H,5-6,17,19-20H2,1-4H3,(H,32,37)/t22-/m0/s1. The highest BCUT2D eigenvalue weighted by Gasteiger charge is 2.33. The van der Waals surface area contributed by atoms with Crippen LogP contribution in [0.2, 0.25) is 0 Å². The number of nitro groups is 1. The second kappa shape index (κ2) is 14.6. The highest BCUT2D eigenvalue weighted by Crippen LogP contribution is 2.29. The number of ether oxygens (including phenoxy) is 1. The molecule has 3 rings (SSSR count). The van der Waals surface area contributed by atoms with Crippen molar-refractivity contribution < 1.29 is 32.1 Å². The predicted octanol–water partition coefficient (Wildman–Crippen LogP) is 4.58. The average Bonchev–Trinajstić information content (AvgIpc) is 2.99. The Morgan fingerprint density at radius 1 is 1.07 bits per heavy atom. The van der Waals surface area contributed by atoms with Gasteiger partial charge in [-0.15, -0.1) is 0 Å². The number of carbonyl (C=O) groups is 2. The molecule has 3 aromatic carbocycles. The van der Waals surface area contributed by atoms with Gasteiger partial charge < -0.3 is 15.0 Å². The van der Waals surface area contributed by atoms with Gasteiger partial charge in [-0.05, 0) is 68.3 Å². The number of carbonyl (C=O) groups excluding carboxylic acids is 2. The molecule has 1 atom stereocenters. The summed E-state index contributed by atoms with van der Waals surface area (Å²) in [4.78, 5) is 38.7. The van der Waals surface area contributed by atoms with Crippen LogP contribution in [0.3, 0.4) is 0 Å². The van der Waals surface area contributed by atoms with E-state index >= 15 is 0 Å². The summed E-state index contributed by atoms with van der Waals surface area (Å²) in [5, 5.41) is 14.4. The molecule has 1 N–H and O–H groups in total. The van der Waals surface area contributed by atoms with E-state index in [2.05, 4.69) is 5.32 Å². The molecule has 0 radical (unpaired) electrons. The number of hydrogen-bond acceptors (Lipinski definition) is 7. The third-order valence-electron chi connectivity index (χ3n) is 6.87. The zero-order valence-corrected chi connectivity index (χ0v) is 25.3. The number of rotatable bonds is 14. The SMILES string of the molecule is CCCCNC(=O)[C@H](C)N(Cc1ccc(F)cc1)C(=O)CN(c1ccc(OC)cc1)S(=O)(=O)c1ccc(C)c([N+](=O)[O-])c1. The number of unbranched alkanes of at least 4 members (excludes halogenated alkanes) is 1. The minimum absolute atomic E-state index is 0.0964. The Balaban J connectivity index is 2.06. The topological polar surface area (TPSA) is 139 Å². The zero-order valence-electron chi connectivity index (χ0n) is 24.4. The van der Waals surface area contributed by atoms with Gasteiger partial charge in [0, 0.05) is 24.7 Å². The van der Waals surface area contributed by atoms with Gasteiger partial charge in [0.15, 0.2) is 0 Å². The molecule has 0 aliphatic carbocycles. The number of nitrogens with zero attached hydrogens (tertiary/aromatic N) is 3. The first kappa shape index (κ1) is 33.0.